The molecule has 20 heavy (non-hydrogen) atoms. The van der Waals surface area contributed by atoms with Gasteiger partial charge in [-0.05, 0) is 19.1 Å². The van der Waals surface area contributed by atoms with E-state index in [1.165, 1.54) is 16.8 Å². The van der Waals surface area contributed by atoms with Crippen LogP contribution in [0.2, 0.25) is 5.02 Å². The van der Waals surface area contributed by atoms with Crippen molar-refractivity contribution in [2.75, 3.05) is 10.5 Å². The van der Waals surface area contributed by atoms with E-state index < -0.39 is 15.8 Å². The van der Waals surface area contributed by atoms with Gasteiger partial charge in [0.2, 0.25) is 0 Å². The lowest BCUT2D eigenvalue weighted by molar-refractivity contribution is 0.597. The maximum atomic E-state index is 13.6. The topological polar surface area (TPSA) is 90.0 Å². The van der Waals surface area contributed by atoms with Gasteiger partial charge in [0.15, 0.2) is 10.7 Å². The predicted octanol–water partition coefficient (Wildman–Crippen LogP) is 1.90. The Kier molecular flexibility index (Phi) is 3.61. The van der Waals surface area contributed by atoms with Crippen LogP contribution in [0.25, 0.3) is 0 Å². The van der Waals surface area contributed by atoms with Crippen LogP contribution in [0.15, 0.2) is 23.1 Å². The van der Waals surface area contributed by atoms with Crippen LogP contribution < -0.4 is 10.5 Å². The van der Waals surface area contributed by atoms with Gasteiger partial charge in [0.05, 0.1) is 10.7 Å². The first-order valence-corrected chi connectivity index (χ1v) is 7.36. The monoisotopic (exact) mass is 318 g/mol. The predicted molar refractivity (Wildman–Crippen MR) is 74.6 cm³/mol. The van der Waals surface area contributed by atoms with E-state index in [9.17, 15) is 12.8 Å². The van der Waals surface area contributed by atoms with E-state index in [0.29, 0.717) is 5.69 Å². The van der Waals surface area contributed by atoms with Crippen LogP contribution >= 0.6 is 11.6 Å². The van der Waals surface area contributed by atoms with Gasteiger partial charge in [0, 0.05) is 7.05 Å². The molecule has 1 heterocycles. The number of nitrogens with zero attached hydrogens (tertiary/aromatic N) is 2. The van der Waals surface area contributed by atoms with Crippen LogP contribution in [-0.4, -0.2) is 18.2 Å². The van der Waals surface area contributed by atoms with E-state index in [4.69, 9.17) is 17.3 Å². The zero-order valence-electron chi connectivity index (χ0n) is 10.7. The largest absolute Gasteiger partial charge is 0.381 e. The molecule has 0 bridgehead atoms. The summed E-state index contributed by atoms with van der Waals surface area (Å²) in [6.45, 7) is 1.54. The first-order chi connectivity index (χ1) is 9.24. The summed E-state index contributed by atoms with van der Waals surface area (Å²) in [6.07, 6.45) is 0. The molecule has 108 valence electrons. The Hall–Kier alpha value is -1.80. The number of sulfonamides is 1. The Morgan fingerprint density at radius 3 is 2.60 bits per heavy atom. The average Bonchev–Trinajstić information content (AvgIpc) is 2.59. The lowest BCUT2D eigenvalue weighted by Gasteiger charge is -2.10. The fraction of sp³-hybridized carbons (Fsp3) is 0.182. The third kappa shape index (κ3) is 2.44. The molecule has 6 nitrogen and oxygen atoms in total. The minimum atomic E-state index is -4.08. The molecule has 1 aromatic heterocycles. The zero-order chi connectivity index (χ0) is 15.1. The molecule has 2 rings (SSSR count). The third-order valence-electron chi connectivity index (χ3n) is 2.77. The van der Waals surface area contributed by atoms with Crippen LogP contribution in [-0.2, 0) is 17.1 Å². The van der Waals surface area contributed by atoms with Crippen molar-refractivity contribution in [2.45, 2.75) is 11.8 Å². The number of aryl methyl sites for hydroxylation is 1. The second kappa shape index (κ2) is 4.95. The molecule has 9 heteroatoms. The number of aromatic nitrogens is 2. The number of hydrogen-bond donors (Lipinski definition) is 2. The lowest BCUT2D eigenvalue weighted by Crippen LogP contribution is -2.16. The number of nitrogens with one attached hydrogen (secondary N) is 1. The molecule has 0 saturated heterocycles. The van der Waals surface area contributed by atoms with Gasteiger partial charge < -0.3 is 5.73 Å². The molecule has 3 N–H and O–H groups in total. The van der Waals surface area contributed by atoms with Gasteiger partial charge in [0.25, 0.3) is 10.0 Å². The highest BCUT2D eigenvalue weighted by Crippen LogP contribution is 2.29. The highest BCUT2D eigenvalue weighted by Gasteiger charge is 2.26. The zero-order valence-corrected chi connectivity index (χ0v) is 12.3. The molecule has 0 spiro atoms. The van der Waals surface area contributed by atoms with E-state index in [-0.39, 0.29) is 21.4 Å². The van der Waals surface area contributed by atoms with Crippen LogP contribution in [0.4, 0.5) is 15.9 Å². The van der Waals surface area contributed by atoms with Gasteiger partial charge in [-0.25, -0.2) is 12.8 Å². The van der Waals surface area contributed by atoms with Gasteiger partial charge in [-0.2, -0.15) is 5.10 Å². The fourth-order valence-electron chi connectivity index (χ4n) is 1.73. The smallest absolute Gasteiger partial charge is 0.267 e. The van der Waals surface area contributed by atoms with E-state index in [1.807, 2.05) is 0 Å². The first-order valence-electron chi connectivity index (χ1n) is 5.50. The summed E-state index contributed by atoms with van der Waals surface area (Å²) in [5.41, 5.74) is 5.59. The summed E-state index contributed by atoms with van der Waals surface area (Å²) in [6, 6.07) is 3.85. The van der Waals surface area contributed by atoms with Crippen LogP contribution in [0.5, 0.6) is 0 Å². The lowest BCUT2D eigenvalue weighted by atomic mass is 10.3. The summed E-state index contributed by atoms with van der Waals surface area (Å²) in [5.74, 6) is -0.939. The Bertz CT molecular complexity index is 753. The molecule has 0 saturated carbocycles. The number of anilines is 2. The molecule has 1 aromatic carbocycles. The third-order valence-corrected chi connectivity index (χ3v) is 4.60. The fourth-order valence-corrected chi connectivity index (χ4v) is 3.41. The van der Waals surface area contributed by atoms with Crippen molar-refractivity contribution in [2.24, 2.45) is 7.05 Å². The molecular weight excluding hydrogens is 307 g/mol. The standard InChI is InChI=1S/C11H12ClFN4O2S/c1-6-10(11(14)15-17(6)2)20(18,19)16-9-7(12)4-3-5-8(9)13/h3-5,16H,1-2H3,(H2,14,15). The van der Waals surface area contributed by atoms with Gasteiger partial charge in [0.1, 0.15) is 11.5 Å². The molecule has 0 aliphatic heterocycles. The summed E-state index contributed by atoms with van der Waals surface area (Å²) in [7, 11) is -2.53. The van der Waals surface area contributed by atoms with Crippen molar-refractivity contribution < 1.29 is 12.8 Å². The molecule has 0 aliphatic carbocycles. The number of halogens is 2. The van der Waals surface area contributed by atoms with E-state index in [0.717, 1.165) is 6.07 Å². The van der Waals surface area contributed by atoms with E-state index in [2.05, 4.69) is 9.82 Å². The molecule has 0 aliphatic rings. The van der Waals surface area contributed by atoms with Gasteiger partial charge in [-0.15, -0.1) is 0 Å². The Morgan fingerprint density at radius 2 is 2.10 bits per heavy atom. The van der Waals surface area contributed by atoms with Crippen molar-refractivity contribution >= 4 is 33.1 Å². The Balaban J connectivity index is 2.52. The van der Waals surface area contributed by atoms with Crippen LogP contribution in [0.3, 0.4) is 0 Å². The van der Waals surface area contributed by atoms with Crippen LogP contribution in [0, 0.1) is 12.7 Å². The minimum Gasteiger partial charge on any atom is -0.381 e. The number of nitrogens with two attached hydrogens (primary N) is 1. The van der Waals surface area contributed by atoms with Gasteiger partial charge in [-0.3, -0.25) is 9.40 Å². The van der Waals surface area contributed by atoms with Crippen molar-refractivity contribution in [3.05, 3.63) is 34.7 Å². The van der Waals surface area contributed by atoms with Gasteiger partial charge >= 0.3 is 0 Å². The number of hydrogen-bond acceptors (Lipinski definition) is 4. The number of nitrogen functional groups attached to an aromatic ring is 1. The quantitative estimate of drug-likeness (QED) is 0.904. The molecule has 0 unspecified atom stereocenters. The molecule has 0 atom stereocenters. The highest BCUT2D eigenvalue weighted by molar-refractivity contribution is 7.93. The van der Waals surface area contributed by atoms with Crippen LogP contribution in [0.1, 0.15) is 5.69 Å². The summed E-state index contributed by atoms with van der Waals surface area (Å²) in [4.78, 5) is -0.195. The maximum Gasteiger partial charge on any atom is 0.267 e. The van der Waals surface area contributed by atoms with Crippen molar-refractivity contribution in [3.63, 3.8) is 0 Å². The number of benzene rings is 1. The van der Waals surface area contributed by atoms with E-state index >= 15 is 0 Å². The maximum absolute atomic E-state index is 13.6. The molecule has 0 amide bonds. The molecular formula is C11H12ClFN4O2S. The Morgan fingerprint density at radius 1 is 1.45 bits per heavy atom. The summed E-state index contributed by atoms with van der Waals surface area (Å²) >= 11 is 5.79. The number of para-hydroxylation sites is 1. The first kappa shape index (κ1) is 14.6. The Labute approximate surface area is 120 Å². The second-order valence-electron chi connectivity index (χ2n) is 4.13. The van der Waals surface area contributed by atoms with Crippen molar-refractivity contribution in [1.82, 2.24) is 9.78 Å². The van der Waals surface area contributed by atoms with Crippen molar-refractivity contribution in [3.8, 4) is 0 Å². The molecule has 2 aromatic rings. The normalized spacial score (nSPS) is 11.6. The minimum absolute atomic E-state index is 0.0475. The summed E-state index contributed by atoms with van der Waals surface area (Å²) < 4.78 is 41.6. The molecule has 0 radical (unpaired) electrons. The van der Waals surface area contributed by atoms with Crippen molar-refractivity contribution in [1.29, 1.82) is 0 Å². The van der Waals surface area contributed by atoms with E-state index in [1.54, 1.807) is 14.0 Å². The average molecular weight is 319 g/mol. The second-order valence-corrected chi connectivity index (χ2v) is 6.15. The highest BCUT2D eigenvalue weighted by atomic mass is 35.5. The summed E-state index contributed by atoms with van der Waals surface area (Å²) in [5, 5.41) is 3.76. The van der Waals surface area contributed by atoms with Gasteiger partial charge in [-0.1, -0.05) is 17.7 Å². The SMILES string of the molecule is Cc1c(S(=O)(=O)Nc2c(F)cccc2Cl)c(N)nn1C. The number of rotatable bonds is 3. The molecule has 0 fully saturated rings.